The van der Waals surface area contributed by atoms with Crippen molar-refractivity contribution >= 4 is 39.6 Å². The van der Waals surface area contributed by atoms with Crippen LogP contribution in [-0.2, 0) is 0 Å². The van der Waals surface area contributed by atoms with Crippen LogP contribution in [0.4, 0.5) is 11.4 Å². The van der Waals surface area contributed by atoms with Gasteiger partial charge in [-0.1, -0.05) is 18.2 Å². The molecule has 5 rings (SSSR count). The topological polar surface area (TPSA) is 70.4 Å². The maximum absolute atomic E-state index is 12.9. The molecular weight excluding hydrogens is 384 g/mol. The minimum absolute atomic E-state index is 0.137. The van der Waals surface area contributed by atoms with Crippen LogP contribution in [0.25, 0.3) is 21.6 Å². The van der Waals surface area contributed by atoms with E-state index in [-0.39, 0.29) is 5.91 Å². The third-order valence-electron chi connectivity index (χ3n) is 5.00. The highest BCUT2D eigenvalue weighted by molar-refractivity contribution is 7.17. The monoisotopic (exact) mass is 404 g/mol. The summed E-state index contributed by atoms with van der Waals surface area (Å²) in [4.78, 5) is 20.9. The summed E-state index contributed by atoms with van der Waals surface area (Å²) >= 11 is 1.42. The molecule has 1 saturated heterocycles. The second-order valence-corrected chi connectivity index (χ2v) is 7.98. The Kier molecular flexibility index (Phi) is 4.75. The highest BCUT2D eigenvalue weighted by atomic mass is 32.1. The maximum atomic E-state index is 12.9. The van der Waals surface area contributed by atoms with Gasteiger partial charge in [0.25, 0.3) is 5.91 Å². The van der Waals surface area contributed by atoms with E-state index in [1.807, 2.05) is 48.5 Å². The fourth-order valence-corrected chi connectivity index (χ4v) is 4.40. The molecule has 7 heteroatoms. The van der Waals surface area contributed by atoms with Crippen LogP contribution in [-0.4, -0.2) is 37.1 Å². The van der Waals surface area contributed by atoms with Crippen molar-refractivity contribution in [2.24, 2.45) is 0 Å². The SMILES string of the molecule is O=C(Nc1cnccc1N1CCNCC1)c1ccc(-c2cc3ccccc3o2)s1. The molecule has 1 aromatic carbocycles. The molecule has 0 saturated carbocycles. The van der Waals surface area contributed by atoms with Gasteiger partial charge in [-0.25, -0.2) is 0 Å². The molecule has 1 fully saturated rings. The summed E-state index contributed by atoms with van der Waals surface area (Å²) in [6.45, 7) is 3.67. The largest absolute Gasteiger partial charge is 0.455 e. The molecule has 4 aromatic rings. The number of nitrogens with one attached hydrogen (secondary N) is 2. The zero-order chi connectivity index (χ0) is 19.6. The first-order valence-corrected chi connectivity index (χ1v) is 10.4. The third kappa shape index (κ3) is 3.62. The Morgan fingerprint density at radius 2 is 2.00 bits per heavy atom. The Balaban J connectivity index is 1.37. The number of amides is 1. The van der Waals surface area contributed by atoms with E-state index in [9.17, 15) is 4.79 Å². The number of benzene rings is 1. The Morgan fingerprint density at radius 3 is 2.86 bits per heavy atom. The predicted molar refractivity (Wildman–Crippen MR) is 117 cm³/mol. The summed E-state index contributed by atoms with van der Waals surface area (Å²) in [5.41, 5.74) is 2.58. The van der Waals surface area contributed by atoms with E-state index < -0.39 is 0 Å². The van der Waals surface area contributed by atoms with Crippen molar-refractivity contribution in [3.8, 4) is 10.6 Å². The molecule has 6 nitrogen and oxygen atoms in total. The fraction of sp³-hybridized carbons (Fsp3) is 0.182. The van der Waals surface area contributed by atoms with Crippen molar-refractivity contribution < 1.29 is 9.21 Å². The lowest BCUT2D eigenvalue weighted by Crippen LogP contribution is -2.43. The molecule has 1 aliphatic rings. The molecule has 0 aliphatic carbocycles. The number of carbonyl (C=O) groups excluding carboxylic acids is 1. The Bertz CT molecular complexity index is 1130. The van der Waals surface area contributed by atoms with Crippen molar-refractivity contribution in [3.63, 3.8) is 0 Å². The Morgan fingerprint density at radius 1 is 1.14 bits per heavy atom. The molecule has 0 radical (unpaired) electrons. The molecule has 146 valence electrons. The molecule has 2 N–H and O–H groups in total. The van der Waals surface area contributed by atoms with E-state index >= 15 is 0 Å². The van der Waals surface area contributed by atoms with Gasteiger partial charge >= 0.3 is 0 Å². The van der Waals surface area contributed by atoms with Crippen LogP contribution < -0.4 is 15.5 Å². The number of pyridine rings is 1. The number of piperazine rings is 1. The Hall–Kier alpha value is -3.16. The lowest BCUT2D eigenvalue weighted by molar-refractivity contribution is 0.103. The van der Waals surface area contributed by atoms with Crippen molar-refractivity contribution in [1.82, 2.24) is 10.3 Å². The average molecular weight is 404 g/mol. The molecule has 0 unspecified atom stereocenters. The number of thiophene rings is 1. The number of rotatable bonds is 4. The van der Waals surface area contributed by atoms with Crippen LogP contribution in [0, 0.1) is 0 Å². The van der Waals surface area contributed by atoms with Crippen LogP contribution >= 0.6 is 11.3 Å². The first-order valence-electron chi connectivity index (χ1n) is 9.58. The smallest absolute Gasteiger partial charge is 0.265 e. The number of fused-ring (bicyclic) bond motifs is 1. The van der Waals surface area contributed by atoms with Gasteiger partial charge < -0.3 is 20.0 Å². The highest BCUT2D eigenvalue weighted by Crippen LogP contribution is 2.33. The van der Waals surface area contributed by atoms with E-state index in [2.05, 4.69) is 20.5 Å². The molecule has 4 heterocycles. The van der Waals surface area contributed by atoms with Gasteiger partial charge in [0, 0.05) is 37.8 Å². The van der Waals surface area contributed by atoms with Gasteiger partial charge in [0.15, 0.2) is 0 Å². The molecule has 29 heavy (non-hydrogen) atoms. The van der Waals surface area contributed by atoms with Crippen molar-refractivity contribution in [1.29, 1.82) is 0 Å². The van der Waals surface area contributed by atoms with Gasteiger partial charge in [-0.15, -0.1) is 11.3 Å². The first-order chi connectivity index (χ1) is 14.3. The average Bonchev–Trinajstić information content (AvgIpc) is 3.42. The minimum atomic E-state index is -0.137. The molecule has 1 amide bonds. The van der Waals surface area contributed by atoms with E-state index in [0.29, 0.717) is 4.88 Å². The normalized spacial score (nSPS) is 14.3. The summed E-state index contributed by atoms with van der Waals surface area (Å²) in [5, 5.41) is 7.43. The van der Waals surface area contributed by atoms with Gasteiger partial charge in [0.1, 0.15) is 11.3 Å². The van der Waals surface area contributed by atoms with E-state index in [0.717, 1.165) is 59.2 Å². The maximum Gasteiger partial charge on any atom is 0.265 e. The second kappa shape index (κ2) is 7.69. The summed E-state index contributed by atoms with van der Waals surface area (Å²) < 4.78 is 5.92. The van der Waals surface area contributed by atoms with Crippen molar-refractivity contribution in [2.45, 2.75) is 0 Å². The molecular formula is C22H20N4O2S. The number of anilines is 2. The number of carbonyl (C=O) groups is 1. The number of aromatic nitrogens is 1. The predicted octanol–water partition coefficient (Wildman–Crippen LogP) is 4.22. The molecule has 0 spiro atoms. The zero-order valence-electron chi connectivity index (χ0n) is 15.7. The van der Waals surface area contributed by atoms with Gasteiger partial charge in [-0.05, 0) is 30.3 Å². The molecule has 1 aliphatic heterocycles. The number of hydrogen-bond donors (Lipinski definition) is 2. The third-order valence-corrected chi connectivity index (χ3v) is 6.10. The molecule has 0 bridgehead atoms. The van der Waals surface area contributed by atoms with Gasteiger partial charge in [0.2, 0.25) is 0 Å². The van der Waals surface area contributed by atoms with Crippen LogP contribution in [0.2, 0.25) is 0 Å². The molecule has 0 atom stereocenters. The second-order valence-electron chi connectivity index (χ2n) is 6.90. The summed E-state index contributed by atoms with van der Waals surface area (Å²) in [5.74, 6) is 0.639. The number of furan rings is 1. The van der Waals surface area contributed by atoms with Crippen LogP contribution in [0.15, 0.2) is 65.3 Å². The Labute approximate surface area is 172 Å². The summed E-state index contributed by atoms with van der Waals surface area (Å²) in [7, 11) is 0. The lowest BCUT2D eigenvalue weighted by Gasteiger charge is -2.30. The van der Waals surface area contributed by atoms with E-state index in [1.54, 1.807) is 12.4 Å². The zero-order valence-corrected chi connectivity index (χ0v) is 16.5. The van der Waals surface area contributed by atoms with Gasteiger partial charge in [-0.2, -0.15) is 0 Å². The summed E-state index contributed by atoms with van der Waals surface area (Å²) in [6.07, 6.45) is 3.47. The van der Waals surface area contributed by atoms with E-state index in [4.69, 9.17) is 4.42 Å². The summed E-state index contributed by atoms with van der Waals surface area (Å²) in [6, 6.07) is 15.6. The molecule has 3 aromatic heterocycles. The van der Waals surface area contributed by atoms with Crippen molar-refractivity contribution in [3.05, 3.63) is 65.8 Å². The van der Waals surface area contributed by atoms with Gasteiger partial charge in [-0.3, -0.25) is 9.78 Å². The van der Waals surface area contributed by atoms with E-state index in [1.165, 1.54) is 11.3 Å². The number of para-hydroxylation sites is 1. The van der Waals surface area contributed by atoms with Crippen LogP contribution in [0.3, 0.4) is 0 Å². The first kappa shape index (κ1) is 17.9. The number of nitrogens with zero attached hydrogens (tertiary/aromatic N) is 2. The number of hydrogen-bond acceptors (Lipinski definition) is 6. The van der Waals surface area contributed by atoms with Crippen molar-refractivity contribution in [2.75, 3.05) is 36.4 Å². The fourth-order valence-electron chi connectivity index (χ4n) is 3.54. The lowest BCUT2D eigenvalue weighted by atomic mass is 10.2. The quantitative estimate of drug-likeness (QED) is 0.533. The van der Waals surface area contributed by atoms with Crippen LogP contribution in [0.1, 0.15) is 9.67 Å². The van der Waals surface area contributed by atoms with Crippen LogP contribution in [0.5, 0.6) is 0 Å². The standard InChI is InChI=1S/C22H20N4O2S/c27-22(25-16-14-24-8-7-17(16)26-11-9-23-10-12-26)21-6-5-20(29-21)19-13-15-3-1-2-4-18(15)28-19/h1-8,13-14,23H,9-12H2,(H,25,27). The highest BCUT2D eigenvalue weighted by Gasteiger charge is 2.18. The van der Waals surface area contributed by atoms with Gasteiger partial charge in [0.05, 0.1) is 27.3 Å². The minimum Gasteiger partial charge on any atom is -0.455 e.